The van der Waals surface area contributed by atoms with Gasteiger partial charge in [-0.25, -0.2) is 0 Å². The van der Waals surface area contributed by atoms with Crippen LogP contribution in [0.3, 0.4) is 0 Å². The highest BCUT2D eigenvalue weighted by Gasteiger charge is 2.13. The van der Waals surface area contributed by atoms with Crippen LogP contribution in [0, 0.1) is 0 Å². The van der Waals surface area contributed by atoms with E-state index < -0.39 is 0 Å². The highest BCUT2D eigenvalue weighted by atomic mass is 16.6. The van der Waals surface area contributed by atoms with E-state index in [1.54, 1.807) is 0 Å². The molecule has 2 saturated heterocycles. The van der Waals surface area contributed by atoms with Crippen LogP contribution in [0.1, 0.15) is 13.8 Å². The van der Waals surface area contributed by atoms with Crippen molar-refractivity contribution < 1.29 is 9.47 Å². The Kier molecular flexibility index (Phi) is 1.86. The molecule has 2 heterocycles. The lowest BCUT2D eigenvalue weighted by atomic mass is 10.6. The molecule has 0 saturated carbocycles. The van der Waals surface area contributed by atoms with E-state index in [0.29, 0.717) is 12.2 Å². The lowest BCUT2D eigenvalue weighted by Crippen LogP contribution is -1.60. The van der Waals surface area contributed by atoms with Crippen LogP contribution in [-0.2, 0) is 9.47 Å². The lowest BCUT2D eigenvalue weighted by Gasteiger charge is -1.51. The summed E-state index contributed by atoms with van der Waals surface area (Å²) in [5.41, 5.74) is 0. The highest BCUT2D eigenvalue weighted by Crippen LogP contribution is 2.04. The van der Waals surface area contributed by atoms with Gasteiger partial charge in [0.15, 0.2) is 0 Å². The zero-order valence-corrected chi connectivity index (χ0v) is 5.39. The summed E-state index contributed by atoms with van der Waals surface area (Å²) in [7, 11) is 0. The van der Waals surface area contributed by atoms with Crippen molar-refractivity contribution in [2.24, 2.45) is 0 Å². The van der Waals surface area contributed by atoms with E-state index in [0.717, 1.165) is 13.2 Å². The predicted molar refractivity (Wildman–Crippen MR) is 30.8 cm³/mol. The van der Waals surface area contributed by atoms with Crippen molar-refractivity contribution in [2.75, 3.05) is 13.2 Å². The first-order valence-electron chi connectivity index (χ1n) is 3.02. The smallest absolute Gasteiger partial charge is 0.0781 e. The summed E-state index contributed by atoms with van der Waals surface area (Å²) in [5.74, 6) is 0. The van der Waals surface area contributed by atoms with Crippen LogP contribution in [-0.4, -0.2) is 25.4 Å². The van der Waals surface area contributed by atoms with Gasteiger partial charge in [-0.3, -0.25) is 0 Å². The normalized spacial score (nSPS) is 39.8. The summed E-state index contributed by atoms with van der Waals surface area (Å²) in [6.45, 7) is 6.08. The summed E-state index contributed by atoms with van der Waals surface area (Å²) in [6.07, 6.45) is 1.17. The molecule has 0 amide bonds. The van der Waals surface area contributed by atoms with Crippen LogP contribution in [0.25, 0.3) is 0 Å². The van der Waals surface area contributed by atoms with E-state index in [1.807, 2.05) is 0 Å². The maximum Gasteiger partial charge on any atom is 0.0781 e. The molecule has 0 N–H and O–H groups in total. The first-order valence-corrected chi connectivity index (χ1v) is 3.02. The minimum atomic E-state index is 0.583. The molecule has 2 fully saturated rings. The van der Waals surface area contributed by atoms with E-state index >= 15 is 0 Å². The molecule has 0 bridgehead atoms. The van der Waals surface area contributed by atoms with Gasteiger partial charge in [0.05, 0.1) is 25.4 Å². The van der Waals surface area contributed by atoms with Gasteiger partial charge in [-0.15, -0.1) is 0 Å². The summed E-state index contributed by atoms with van der Waals surface area (Å²) < 4.78 is 9.42. The largest absolute Gasteiger partial charge is 0.373 e. The van der Waals surface area contributed by atoms with Gasteiger partial charge in [0, 0.05) is 0 Å². The Morgan fingerprint density at radius 3 is 1.12 bits per heavy atom. The Bertz CT molecular complexity index is 54.9. The van der Waals surface area contributed by atoms with Gasteiger partial charge in [0.1, 0.15) is 0 Å². The van der Waals surface area contributed by atoms with Crippen molar-refractivity contribution in [3.63, 3.8) is 0 Å². The first kappa shape index (κ1) is 6.05. The fourth-order valence-electron chi connectivity index (χ4n) is 0.192. The molecule has 0 unspecified atom stereocenters. The summed E-state index contributed by atoms with van der Waals surface area (Å²) >= 11 is 0. The predicted octanol–water partition coefficient (Wildman–Crippen LogP) is 0.810. The highest BCUT2D eigenvalue weighted by molar-refractivity contribution is 4.58. The second-order valence-corrected chi connectivity index (χ2v) is 2.29. The van der Waals surface area contributed by atoms with Crippen LogP contribution in [0.2, 0.25) is 0 Å². The molecule has 48 valence electrons. The zero-order chi connectivity index (χ0) is 5.98. The molecule has 0 aromatic carbocycles. The molecule has 2 aliphatic rings. The second-order valence-electron chi connectivity index (χ2n) is 2.29. The van der Waals surface area contributed by atoms with Gasteiger partial charge in [-0.1, -0.05) is 0 Å². The summed E-state index contributed by atoms with van der Waals surface area (Å²) in [6, 6.07) is 0. The van der Waals surface area contributed by atoms with Crippen molar-refractivity contribution >= 4 is 0 Å². The van der Waals surface area contributed by atoms with Crippen molar-refractivity contribution in [3.8, 4) is 0 Å². The Morgan fingerprint density at radius 1 is 1.00 bits per heavy atom. The number of epoxide rings is 2. The van der Waals surface area contributed by atoms with Crippen molar-refractivity contribution in [1.82, 2.24) is 0 Å². The number of hydrogen-bond acceptors (Lipinski definition) is 2. The third-order valence-electron chi connectivity index (χ3n) is 1.00. The van der Waals surface area contributed by atoms with Crippen LogP contribution in [0.4, 0.5) is 0 Å². The third kappa shape index (κ3) is 4.09. The molecule has 0 aromatic heterocycles. The van der Waals surface area contributed by atoms with Gasteiger partial charge in [0.25, 0.3) is 0 Å². The van der Waals surface area contributed by atoms with Crippen molar-refractivity contribution in [2.45, 2.75) is 26.1 Å². The Balaban J connectivity index is 0.0000000800. The van der Waals surface area contributed by atoms with E-state index in [4.69, 9.17) is 9.47 Å². The van der Waals surface area contributed by atoms with Crippen LogP contribution in [0.15, 0.2) is 0 Å². The van der Waals surface area contributed by atoms with Crippen LogP contribution in [0.5, 0.6) is 0 Å². The van der Waals surface area contributed by atoms with Gasteiger partial charge >= 0.3 is 0 Å². The number of rotatable bonds is 0. The van der Waals surface area contributed by atoms with Crippen LogP contribution >= 0.6 is 0 Å². The van der Waals surface area contributed by atoms with Gasteiger partial charge in [0.2, 0.25) is 0 Å². The van der Waals surface area contributed by atoms with Crippen molar-refractivity contribution in [1.29, 1.82) is 0 Å². The molecule has 2 nitrogen and oxygen atoms in total. The fourth-order valence-corrected chi connectivity index (χ4v) is 0.192. The molecule has 0 aromatic rings. The average Bonchev–Trinajstić information content (AvgIpc) is 2.47. The van der Waals surface area contributed by atoms with E-state index in [2.05, 4.69) is 13.8 Å². The minimum absolute atomic E-state index is 0.583. The molecule has 2 aliphatic heterocycles. The zero-order valence-electron chi connectivity index (χ0n) is 5.39. The molecule has 0 aliphatic carbocycles. The SMILES string of the molecule is C[C@@H]1CO1.C[C@H]1CO1. The van der Waals surface area contributed by atoms with Crippen LogP contribution < -0.4 is 0 Å². The lowest BCUT2D eigenvalue weighted by molar-refractivity contribution is 0.423. The molecular weight excluding hydrogens is 104 g/mol. The van der Waals surface area contributed by atoms with E-state index in [1.165, 1.54) is 0 Å². The van der Waals surface area contributed by atoms with E-state index in [-0.39, 0.29) is 0 Å². The maximum absolute atomic E-state index is 4.71. The average molecular weight is 116 g/mol. The Morgan fingerprint density at radius 2 is 1.12 bits per heavy atom. The number of ether oxygens (including phenoxy) is 2. The Hall–Kier alpha value is -0.0800. The van der Waals surface area contributed by atoms with Gasteiger partial charge < -0.3 is 9.47 Å². The molecular formula is C6H12O2. The molecule has 2 heteroatoms. The van der Waals surface area contributed by atoms with E-state index in [9.17, 15) is 0 Å². The topological polar surface area (TPSA) is 25.1 Å². The standard InChI is InChI=1S/2C3H6O/c2*1-3-2-4-3/h2*3H,2H2,1H3/t2*3-/m10/s1. The van der Waals surface area contributed by atoms with Crippen molar-refractivity contribution in [3.05, 3.63) is 0 Å². The molecule has 0 radical (unpaired) electrons. The molecule has 0 spiro atoms. The molecule has 8 heavy (non-hydrogen) atoms. The summed E-state index contributed by atoms with van der Waals surface area (Å²) in [4.78, 5) is 0. The monoisotopic (exact) mass is 116 g/mol. The van der Waals surface area contributed by atoms with Gasteiger partial charge in [-0.2, -0.15) is 0 Å². The minimum Gasteiger partial charge on any atom is -0.373 e. The van der Waals surface area contributed by atoms with Gasteiger partial charge in [-0.05, 0) is 13.8 Å². The summed E-state index contributed by atoms with van der Waals surface area (Å²) in [5, 5.41) is 0. The first-order chi connectivity index (χ1) is 3.79. The quantitative estimate of drug-likeness (QED) is 0.437. The number of hydrogen-bond donors (Lipinski definition) is 0. The fraction of sp³-hybridized carbons (Fsp3) is 1.00. The second kappa shape index (κ2) is 2.46. The maximum atomic E-state index is 4.71. The third-order valence-corrected chi connectivity index (χ3v) is 1.00. The molecule has 2 atom stereocenters. The molecule has 2 rings (SSSR count). The Labute approximate surface area is 49.8 Å².